The molecule has 0 saturated carbocycles. The van der Waals surface area contributed by atoms with Gasteiger partial charge in [0, 0.05) is 0 Å². The van der Waals surface area contributed by atoms with Crippen LogP contribution in [0.25, 0.3) is 0 Å². The number of amides is 2. The van der Waals surface area contributed by atoms with Crippen LogP contribution in [0.1, 0.15) is 0 Å². The topological polar surface area (TPSA) is 107 Å². The largest absolute Gasteiger partial charge is 0.509 e. The number of aromatic nitrogens is 2. The number of nitrogens with zero attached hydrogens (tertiary/aromatic N) is 3. The fourth-order valence-electron chi connectivity index (χ4n) is 2.16. The molecule has 0 radical (unpaired) electrons. The van der Waals surface area contributed by atoms with Crippen LogP contribution in [-0.2, 0) is 9.59 Å². The van der Waals surface area contributed by atoms with Crippen molar-refractivity contribution in [3.8, 4) is 0 Å². The molecule has 3 rings (SSSR count). The number of hydrazine groups is 1. The Hall–Kier alpha value is -2.72. The van der Waals surface area contributed by atoms with Crippen molar-refractivity contribution in [2.24, 2.45) is 0 Å². The number of hydrogen-bond acceptors (Lipinski definition) is 6. The molecular formula is C15H10BrClFN5O3. The maximum Gasteiger partial charge on any atom is 0.278 e. The second kappa shape index (κ2) is 7.26. The van der Waals surface area contributed by atoms with E-state index in [2.05, 4.69) is 36.6 Å². The average Bonchev–Trinajstić information content (AvgIpc) is 2.58. The van der Waals surface area contributed by atoms with Crippen LogP contribution in [0, 0.1) is 5.82 Å². The van der Waals surface area contributed by atoms with Crippen molar-refractivity contribution >= 4 is 50.9 Å². The summed E-state index contributed by atoms with van der Waals surface area (Å²) in [4.78, 5) is 32.1. The molecule has 0 spiro atoms. The van der Waals surface area contributed by atoms with Crippen molar-refractivity contribution in [3.05, 3.63) is 57.4 Å². The zero-order valence-corrected chi connectivity index (χ0v) is 15.2. The average molecular weight is 443 g/mol. The third-order valence-electron chi connectivity index (χ3n) is 3.35. The molecule has 0 fully saturated rings. The van der Waals surface area contributed by atoms with E-state index in [4.69, 9.17) is 11.6 Å². The van der Waals surface area contributed by atoms with Crippen LogP contribution in [0.4, 0.5) is 15.9 Å². The van der Waals surface area contributed by atoms with Gasteiger partial charge in [-0.25, -0.2) is 14.4 Å². The van der Waals surface area contributed by atoms with Crippen molar-refractivity contribution in [1.82, 2.24) is 15.4 Å². The Bertz CT molecular complexity index is 922. The summed E-state index contributed by atoms with van der Waals surface area (Å²) in [5.41, 5.74) is 2.45. The number of aliphatic hydroxyl groups excluding tert-OH is 1. The van der Waals surface area contributed by atoms with Gasteiger partial charge in [0.25, 0.3) is 11.8 Å². The Kier molecular flexibility index (Phi) is 5.05. The molecule has 1 aliphatic heterocycles. The van der Waals surface area contributed by atoms with Gasteiger partial charge in [0.05, 0.1) is 29.1 Å². The molecule has 8 nitrogen and oxygen atoms in total. The molecule has 0 aromatic carbocycles. The molecule has 2 amide bonds. The monoisotopic (exact) mass is 441 g/mol. The third kappa shape index (κ3) is 3.75. The Morgan fingerprint density at radius 3 is 2.77 bits per heavy atom. The molecule has 0 saturated heterocycles. The Balaban J connectivity index is 1.80. The Labute approximate surface area is 159 Å². The highest BCUT2D eigenvalue weighted by atomic mass is 79.9. The summed E-state index contributed by atoms with van der Waals surface area (Å²) in [5.74, 6) is -2.66. The van der Waals surface area contributed by atoms with Gasteiger partial charge < -0.3 is 10.4 Å². The number of nitrogens with one attached hydrogen (secondary N) is 2. The molecule has 1 aliphatic rings. The number of carbonyl (C=O) groups is 2. The maximum absolute atomic E-state index is 12.8. The minimum absolute atomic E-state index is 0.0396. The minimum atomic E-state index is -0.867. The lowest BCUT2D eigenvalue weighted by atomic mass is 10.1. The quantitative estimate of drug-likeness (QED) is 0.497. The molecule has 0 aliphatic carbocycles. The fraction of sp³-hybridized carbons (Fsp3) is 0.0667. The minimum Gasteiger partial charge on any atom is -0.509 e. The van der Waals surface area contributed by atoms with E-state index in [-0.39, 0.29) is 17.5 Å². The number of anilines is 2. The van der Waals surface area contributed by atoms with Gasteiger partial charge in [0.15, 0.2) is 0 Å². The lowest BCUT2D eigenvalue weighted by Gasteiger charge is -2.29. The van der Waals surface area contributed by atoms with Gasteiger partial charge >= 0.3 is 0 Å². The van der Waals surface area contributed by atoms with Crippen molar-refractivity contribution in [1.29, 1.82) is 0 Å². The number of pyridine rings is 2. The molecule has 11 heteroatoms. The highest BCUT2D eigenvalue weighted by molar-refractivity contribution is 9.10. The van der Waals surface area contributed by atoms with Crippen LogP contribution in [-0.4, -0.2) is 33.4 Å². The second-order valence-electron chi connectivity index (χ2n) is 5.13. The summed E-state index contributed by atoms with van der Waals surface area (Å²) in [7, 11) is 0. The SMILES string of the molecule is O=C(Nc1ccc(F)cn1)C1=C(O)CN(c2cnc(Cl)c(Br)c2)NC1=O. The number of halogens is 3. The molecule has 3 N–H and O–H groups in total. The van der Waals surface area contributed by atoms with Crippen molar-refractivity contribution in [2.75, 3.05) is 16.9 Å². The van der Waals surface area contributed by atoms with Gasteiger partial charge in [-0.15, -0.1) is 0 Å². The van der Waals surface area contributed by atoms with Crippen LogP contribution >= 0.6 is 27.5 Å². The highest BCUT2D eigenvalue weighted by Crippen LogP contribution is 2.26. The predicted octanol–water partition coefficient (Wildman–Crippen LogP) is 2.33. The van der Waals surface area contributed by atoms with E-state index in [1.165, 1.54) is 17.3 Å². The van der Waals surface area contributed by atoms with Crippen molar-refractivity contribution in [2.45, 2.75) is 0 Å². The van der Waals surface area contributed by atoms with E-state index < -0.39 is 29.0 Å². The lowest BCUT2D eigenvalue weighted by Crippen LogP contribution is -2.50. The zero-order chi connectivity index (χ0) is 18.8. The van der Waals surface area contributed by atoms with E-state index in [1.54, 1.807) is 6.07 Å². The fourth-order valence-corrected chi connectivity index (χ4v) is 2.60. The summed E-state index contributed by atoms with van der Waals surface area (Å²) in [6, 6.07) is 3.93. The first-order valence-electron chi connectivity index (χ1n) is 7.09. The number of aliphatic hydroxyl groups is 1. The lowest BCUT2D eigenvalue weighted by molar-refractivity contribution is -0.122. The van der Waals surface area contributed by atoms with Crippen LogP contribution in [0.3, 0.4) is 0 Å². The van der Waals surface area contributed by atoms with E-state index in [0.29, 0.717) is 10.2 Å². The first kappa shape index (κ1) is 18.1. The van der Waals surface area contributed by atoms with Gasteiger partial charge in [-0.2, -0.15) is 0 Å². The van der Waals surface area contributed by atoms with Gasteiger partial charge in [-0.1, -0.05) is 11.6 Å². The number of carbonyl (C=O) groups excluding carboxylic acids is 2. The first-order chi connectivity index (χ1) is 12.3. The summed E-state index contributed by atoms with van der Waals surface area (Å²) in [6.07, 6.45) is 2.31. The first-order valence-corrected chi connectivity index (χ1v) is 8.27. The maximum atomic E-state index is 12.8. The second-order valence-corrected chi connectivity index (χ2v) is 6.34. The smallest absolute Gasteiger partial charge is 0.278 e. The van der Waals surface area contributed by atoms with Crippen LogP contribution in [0.2, 0.25) is 5.15 Å². The zero-order valence-electron chi connectivity index (χ0n) is 12.8. The molecule has 0 unspecified atom stereocenters. The molecule has 3 heterocycles. The van der Waals surface area contributed by atoms with Gasteiger partial charge in [-0.05, 0) is 34.1 Å². The molecule has 2 aromatic rings. The molecule has 0 bridgehead atoms. The molecule has 134 valence electrons. The Morgan fingerprint density at radius 2 is 2.15 bits per heavy atom. The van der Waals surface area contributed by atoms with Crippen LogP contribution < -0.4 is 15.8 Å². The van der Waals surface area contributed by atoms with Gasteiger partial charge in [0.1, 0.15) is 28.1 Å². The standard InChI is InChI=1S/C15H10BrClFN5O3/c16-9-3-8(5-20-13(9)17)23-6-10(24)12(15(26)22-23)14(25)21-11-2-1-7(18)4-19-11/h1-5,24H,6H2,(H,22,26)(H,19,21,25). The Morgan fingerprint density at radius 1 is 1.38 bits per heavy atom. The van der Waals surface area contributed by atoms with Gasteiger partial charge in [0.2, 0.25) is 0 Å². The summed E-state index contributed by atoms with van der Waals surface area (Å²) >= 11 is 9.04. The number of rotatable bonds is 3. The van der Waals surface area contributed by atoms with Crippen molar-refractivity contribution in [3.63, 3.8) is 0 Å². The van der Waals surface area contributed by atoms with Crippen LogP contribution in [0.15, 0.2) is 46.4 Å². The summed E-state index contributed by atoms with van der Waals surface area (Å²) < 4.78 is 13.3. The van der Waals surface area contributed by atoms with Crippen molar-refractivity contribution < 1.29 is 19.1 Å². The van der Waals surface area contributed by atoms with E-state index in [1.807, 2.05) is 0 Å². The highest BCUT2D eigenvalue weighted by Gasteiger charge is 2.31. The number of hydrogen-bond donors (Lipinski definition) is 3. The molecule has 26 heavy (non-hydrogen) atoms. The molecule has 2 aromatic heterocycles. The van der Waals surface area contributed by atoms with E-state index in [0.717, 1.165) is 12.3 Å². The van der Waals surface area contributed by atoms with E-state index >= 15 is 0 Å². The summed E-state index contributed by atoms with van der Waals surface area (Å²) in [5, 5.41) is 14.0. The summed E-state index contributed by atoms with van der Waals surface area (Å²) in [6.45, 7) is -0.166. The third-order valence-corrected chi connectivity index (χ3v) is 4.48. The molecule has 0 atom stereocenters. The normalized spacial score (nSPS) is 14.3. The molecular weight excluding hydrogens is 433 g/mol. The van der Waals surface area contributed by atoms with Gasteiger partial charge in [-0.3, -0.25) is 20.0 Å². The van der Waals surface area contributed by atoms with Crippen LogP contribution in [0.5, 0.6) is 0 Å². The predicted molar refractivity (Wildman–Crippen MR) is 94.9 cm³/mol. The van der Waals surface area contributed by atoms with E-state index in [9.17, 15) is 19.1 Å².